The fourth-order valence-electron chi connectivity index (χ4n) is 3.03. The topological polar surface area (TPSA) is 102 Å². The smallest absolute Gasteiger partial charge is 0.311 e. The summed E-state index contributed by atoms with van der Waals surface area (Å²) in [6.45, 7) is 3.46. The Labute approximate surface area is 156 Å². The number of carbonyl (C=O) groups excluding carboxylic acids is 3. The molecule has 8 heteroatoms. The lowest BCUT2D eigenvalue weighted by Gasteiger charge is -2.25. The van der Waals surface area contributed by atoms with E-state index in [1.165, 1.54) is 0 Å². The zero-order valence-electron chi connectivity index (χ0n) is 15.2. The van der Waals surface area contributed by atoms with Crippen LogP contribution in [0.25, 0.3) is 0 Å². The summed E-state index contributed by atoms with van der Waals surface area (Å²) in [5.41, 5.74) is 1.00. The molecule has 1 aliphatic heterocycles. The summed E-state index contributed by atoms with van der Waals surface area (Å²) in [5.74, 6) is -0.943. The fraction of sp³-hybridized carbons (Fsp3) is 0.368. The molecule has 1 aromatic heterocycles. The molecule has 0 unspecified atom stereocenters. The highest BCUT2D eigenvalue weighted by atomic mass is 16.5. The molecule has 1 aromatic carbocycles. The monoisotopic (exact) mass is 371 g/mol. The van der Waals surface area contributed by atoms with Crippen LogP contribution in [0, 0.1) is 12.8 Å². The maximum absolute atomic E-state index is 12.3. The lowest BCUT2D eigenvalue weighted by Crippen LogP contribution is -2.30. The van der Waals surface area contributed by atoms with E-state index in [9.17, 15) is 14.4 Å². The van der Waals surface area contributed by atoms with Crippen molar-refractivity contribution in [2.75, 3.05) is 18.5 Å². The fourth-order valence-corrected chi connectivity index (χ4v) is 3.03. The zero-order valence-corrected chi connectivity index (χ0v) is 15.2. The molecule has 0 bridgehead atoms. The van der Waals surface area contributed by atoms with Crippen LogP contribution in [0.3, 0.4) is 0 Å². The lowest BCUT2D eigenvalue weighted by molar-refractivity contribution is -0.151. The van der Waals surface area contributed by atoms with Crippen LogP contribution in [0.4, 0.5) is 5.82 Å². The molecule has 8 nitrogen and oxygen atoms in total. The predicted octanol–water partition coefficient (Wildman–Crippen LogP) is 2.07. The number of carbonyl (C=O) groups is 3. The van der Waals surface area contributed by atoms with Crippen LogP contribution in [0.5, 0.6) is 0 Å². The Kier molecular flexibility index (Phi) is 5.54. The van der Waals surface area contributed by atoms with Crippen molar-refractivity contribution in [3.05, 3.63) is 47.7 Å². The Bertz CT molecular complexity index is 833. The zero-order chi connectivity index (χ0) is 19.4. The van der Waals surface area contributed by atoms with Crippen LogP contribution in [0.15, 0.2) is 40.9 Å². The maximum Gasteiger partial charge on any atom is 0.311 e. The van der Waals surface area contributed by atoms with E-state index in [0.717, 1.165) is 5.56 Å². The molecule has 0 spiro atoms. The Morgan fingerprint density at radius 2 is 2.11 bits per heavy atom. The van der Waals surface area contributed by atoms with Crippen molar-refractivity contribution in [1.82, 2.24) is 10.1 Å². The predicted molar refractivity (Wildman–Crippen MR) is 95.5 cm³/mol. The number of hydrogen-bond donors (Lipinski definition) is 1. The van der Waals surface area contributed by atoms with Gasteiger partial charge in [0.25, 0.3) is 5.91 Å². The van der Waals surface area contributed by atoms with E-state index in [0.29, 0.717) is 5.76 Å². The van der Waals surface area contributed by atoms with E-state index >= 15 is 0 Å². The molecular formula is C19H21N3O5. The number of amides is 2. The number of nitrogens with one attached hydrogen (secondary N) is 1. The number of aromatic nitrogens is 1. The lowest BCUT2D eigenvalue weighted by atomic mass is 10.1. The van der Waals surface area contributed by atoms with Gasteiger partial charge in [-0.25, -0.2) is 0 Å². The van der Waals surface area contributed by atoms with Crippen LogP contribution < -0.4 is 5.32 Å². The van der Waals surface area contributed by atoms with Crippen molar-refractivity contribution in [1.29, 1.82) is 0 Å². The van der Waals surface area contributed by atoms with Gasteiger partial charge in [0, 0.05) is 19.0 Å². The van der Waals surface area contributed by atoms with Gasteiger partial charge in [-0.05, 0) is 19.4 Å². The number of hydrogen-bond acceptors (Lipinski definition) is 6. The molecule has 0 aliphatic carbocycles. The van der Waals surface area contributed by atoms with E-state index in [-0.39, 0.29) is 30.7 Å². The molecule has 27 heavy (non-hydrogen) atoms. The Morgan fingerprint density at radius 1 is 1.37 bits per heavy atom. The summed E-state index contributed by atoms with van der Waals surface area (Å²) < 4.78 is 9.90. The Balaban J connectivity index is 1.50. The van der Waals surface area contributed by atoms with Gasteiger partial charge >= 0.3 is 5.97 Å². The highest BCUT2D eigenvalue weighted by Crippen LogP contribution is 2.28. The molecule has 3 rings (SSSR count). The molecule has 2 amide bonds. The number of likely N-dealkylation sites (tertiary alicyclic amines) is 1. The third kappa shape index (κ3) is 4.52. The second-order valence-corrected chi connectivity index (χ2v) is 6.51. The molecule has 1 fully saturated rings. The number of rotatable bonds is 6. The molecule has 2 heterocycles. The van der Waals surface area contributed by atoms with Gasteiger partial charge in [-0.3, -0.25) is 14.4 Å². The van der Waals surface area contributed by atoms with E-state index in [1.54, 1.807) is 17.9 Å². The van der Waals surface area contributed by atoms with Crippen LogP contribution in [0.2, 0.25) is 0 Å². The largest absolute Gasteiger partial charge is 0.455 e. The quantitative estimate of drug-likeness (QED) is 0.780. The van der Waals surface area contributed by atoms with E-state index in [2.05, 4.69) is 10.5 Å². The first kappa shape index (κ1) is 18.6. The second kappa shape index (κ2) is 8.03. The van der Waals surface area contributed by atoms with Gasteiger partial charge < -0.3 is 19.5 Å². The summed E-state index contributed by atoms with van der Waals surface area (Å²) in [4.78, 5) is 38.0. The highest BCUT2D eigenvalue weighted by molar-refractivity contribution is 5.93. The van der Waals surface area contributed by atoms with Gasteiger partial charge in [-0.2, -0.15) is 0 Å². The average molecular weight is 371 g/mol. The molecular weight excluding hydrogens is 350 g/mol. The van der Waals surface area contributed by atoms with E-state index < -0.39 is 24.4 Å². The van der Waals surface area contributed by atoms with Crippen molar-refractivity contribution >= 4 is 23.6 Å². The molecule has 0 saturated carbocycles. The molecule has 1 aliphatic rings. The summed E-state index contributed by atoms with van der Waals surface area (Å²) in [5, 5.41) is 6.10. The van der Waals surface area contributed by atoms with Crippen molar-refractivity contribution < 1.29 is 23.6 Å². The molecule has 2 aromatic rings. The third-order valence-electron chi connectivity index (χ3n) is 4.48. The normalized spacial score (nSPS) is 17.6. The summed E-state index contributed by atoms with van der Waals surface area (Å²) in [7, 11) is 0. The van der Waals surface area contributed by atoms with Crippen LogP contribution in [-0.4, -0.2) is 41.0 Å². The van der Waals surface area contributed by atoms with Crippen molar-refractivity contribution in [2.45, 2.75) is 26.3 Å². The number of nitrogens with zero attached hydrogens (tertiary/aromatic N) is 2. The molecule has 142 valence electrons. The first-order valence-electron chi connectivity index (χ1n) is 8.68. The van der Waals surface area contributed by atoms with Crippen molar-refractivity contribution in [3.63, 3.8) is 0 Å². The van der Waals surface area contributed by atoms with Crippen LogP contribution >= 0.6 is 0 Å². The highest BCUT2D eigenvalue weighted by Gasteiger charge is 2.38. The van der Waals surface area contributed by atoms with Gasteiger partial charge in [-0.15, -0.1) is 0 Å². The van der Waals surface area contributed by atoms with Gasteiger partial charge in [-0.1, -0.05) is 35.5 Å². The SMILES string of the molecule is Cc1cc(NC(=O)COC(=O)[C@@H]2CC(=O)N([C@H](C)c3ccccc3)C2)no1. The van der Waals surface area contributed by atoms with Gasteiger partial charge in [0.2, 0.25) is 5.91 Å². The summed E-state index contributed by atoms with van der Waals surface area (Å²) in [6, 6.07) is 11.0. The van der Waals surface area contributed by atoms with Gasteiger partial charge in [0.1, 0.15) is 5.76 Å². The van der Waals surface area contributed by atoms with Crippen molar-refractivity contribution in [2.24, 2.45) is 5.92 Å². The number of benzene rings is 1. The van der Waals surface area contributed by atoms with Crippen LogP contribution in [-0.2, 0) is 19.1 Å². The van der Waals surface area contributed by atoms with Crippen molar-refractivity contribution in [3.8, 4) is 0 Å². The maximum atomic E-state index is 12.3. The second-order valence-electron chi connectivity index (χ2n) is 6.51. The van der Waals surface area contributed by atoms with E-state index in [4.69, 9.17) is 9.26 Å². The first-order valence-corrected chi connectivity index (χ1v) is 8.68. The molecule has 1 N–H and O–H groups in total. The first-order chi connectivity index (χ1) is 12.9. The number of esters is 1. The van der Waals surface area contributed by atoms with Gasteiger partial charge in [0.15, 0.2) is 12.4 Å². The Morgan fingerprint density at radius 3 is 2.78 bits per heavy atom. The van der Waals surface area contributed by atoms with Crippen LogP contribution in [0.1, 0.15) is 30.7 Å². The molecule has 0 radical (unpaired) electrons. The van der Waals surface area contributed by atoms with Gasteiger partial charge in [0.05, 0.1) is 12.0 Å². The average Bonchev–Trinajstić information content (AvgIpc) is 3.25. The third-order valence-corrected chi connectivity index (χ3v) is 4.48. The Hall–Kier alpha value is -3.16. The summed E-state index contributed by atoms with van der Waals surface area (Å²) >= 11 is 0. The minimum Gasteiger partial charge on any atom is -0.455 e. The minimum atomic E-state index is -0.578. The number of anilines is 1. The summed E-state index contributed by atoms with van der Waals surface area (Å²) in [6.07, 6.45) is 0.0834. The minimum absolute atomic E-state index is 0.0834. The number of ether oxygens (including phenoxy) is 1. The standard InChI is InChI=1S/C19H21N3O5/c1-12-8-16(21-27-12)20-17(23)11-26-19(25)15-9-18(24)22(10-15)13(2)14-6-4-3-5-7-14/h3-8,13,15H,9-11H2,1-2H3,(H,20,21,23)/t13-,15-/m1/s1. The van der Waals surface area contributed by atoms with E-state index in [1.807, 2.05) is 37.3 Å². The number of aryl methyl sites for hydroxylation is 1. The molecule has 2 atom stereocenters. The molecule has 1 saturated heterocycles.